The topological polar surface area (TPSA) is 117 Å². The minimum Gasteiger partial charge on any atom is -0.388 e. The normalized spacial score (nSPS) is 25.1. The van der Waals surface area contributed by atoms with Crippen LogP contribution in [0.3, 0.4) is 0 Å². The maximum atomic E-state index is 13.1. The predicted octanol–water partition coefficient (Wildman–Crippen LogP) is 1.47. The summed E-state index contributed by atoms with van der Waals surface area (Å²) in [6.07, 6.45) is 10.5. The third-order valence-corrected chi connectivity index (χ3v) is 8.55. The van der Waals surface area contributed by atoms with Gasteiger partial charge in [-0.1, -0.05) is 5.92 Å². The molecule has 3 heterocycles. The highest BCUT2D eigenvalue weighted by atomic mass is 32.2. The molecule has 2 aromatic heterocycles. The first kappa shape index (κ1) is 22.7. The molecule has 0 aromatic carbocycles. The maximum absolute atomic E-state index is 13.1. The molecule has 1 aliphatic heterocycles. The van der Waals surface area contributed by atoms with E-state index in [1.54, 1.807) is 26.1 Å². The Labute approximate surface area is 187 Å². The fourth-order valence-corrected chi connectivity index (χ4v) is 5.90. The number of hydrogen-bond donors (Lipinski definition) is 2. The Morgan fingerprint density at radius 3 is 2.66 bits per heavy atom. The zero-order valence-corrected chi connectivity index (χ0v) is 19.2. The fraction of sp³-hybridized carbons (Fsp3) is 0.591. The molecule has 2 N–H and O–H groups in total. The lowest BCUT2D eigenvalue weighted by Crippen LogP contribution is -2.43. The van der Waals surface area contributed by atoms with Crippen LogP contribution in [0.4, 0.5) is 5.95 Å². The minimum absolute atomic E-state index is 0.0236. The minimum atomic E-state index is -3.19. The molecular formula is C22H29N5O4S. The summed E-state index contributed by atoms with van der Waals surface area (Å²) in [7, 11) is -3.19. The van der Waals surface area contributed by atoms with Gasteiger partial charge in [-0.15, -0.1) is 6.42 Å². The van der Waals surface area contributed by atoms with E-state index in [1.165, 1.54) is 8.87 Å². The van der Waals surface area contributed by atoms with E-state index >= 15 is 0 Å². The number of anilines is 1. The summed E-state index contributed by atoms with van der Waals surface area (Å²) in [6, 6.07) is 1.21. The standard InChI is InChI=1S/C22H29N5O4S/c1-4-15-13-16-14-23-21(24-17-8-11-26(12-9-17)32(30,31)5-2)25-19(16)27(20(15)28)18-7-6-10-22(18,3)29/h1,13-14,17-18,29H,5-12H2,2-3H3,(H,23,24,25)/t18-,22-/m1/s1. The number of piperidine rings is 1. The molecule has 32 heavy (non-hydrogen) atoms. The van der Waals surface area contributed by atoms with E-state index in [0.717, 1.165) is 6.42 Å². The monoisotopic (exact) mass is 459 g/mol. The summed E-state index contributed by atoms with van der Waals surface area (Å²) in [6.45, 7) is 4.28. The average molecular weight is 460 g/mol. The Hall–Kier alpha value is -2.48. The summed E-state index contributed by atoms with van der Waals surface area (Å²) < 4.78 is 27.2. The van der Waals surface area contributed by atoms with E-state index in [-0.39, 0.29) is 22.9 Å². The van der Waals surface area contributed by atoms with Crippen LogP contribution in [-0.2, 0) is 10.0 Å². The quantitative estimate of drug-likeness (QED) is 0.650. The number of aromatic nitrogens is 3. The summed E-state index contributed by atoms with van der Waals surface area (Å²) >= 11 is 0. The van der Waals surface area contributed by atoms with Gasteiger partial charge in [0.05, 0.1) is 23.0 Å². The molecular weight excluding hydrogens is 430 g/mol. The van der Waals surface area contributed by atoms with E-state index in [4.69, 9.17) is 6.42 Å². The second kappa shape index (κ2) is 8.46. The highest BCUT2D eigenvalue weighted by Gasteiger charge is 2.39. The molecule has 0 bridgehead atoms. The number of aliphatic hydroxyl groups is 1. The van der Waals surface area contributed by atoms with Crippen molar-refractivity contribution < 1.29 is 13.5 Å². The summed E-state index contributed by atoms with van der Waals surface area (Å²) in [5.74, 6) is 2.91. The molecule has 10 heteroatoms. The van der Waals surface area contributed by atoms with E-state index in [0.29, 0.717) is 55.8 Å². The molecule has 1 saturated heterocycles. The molecule has 0 amide bonds. The van der Waals surface area contributed by atoms with Gasteiger partial charge >= 0.3 is 0 Å². The van der Waals surface area contributed by atoms with Gasteiger partial charge in [0.1, 0.15) is 5.65 Å². The largest absolute Gasteiger partial charge is 0.388 e. The van der Waals surface area contributed by atoms with Gasteiger partial charge in [-0.25, -0.2) is 17.7 Å². The van der Waals surface area contributed by atoms with Gasteiger partial charge in [-0.05, 0) is 52.0 Å². The number of sulfonamides is 1. The second-order valence-electron chi connectivity index (χ2n) is 8.83. The van der Waals surface area contributed by atoms with Crippen molar-refractivity contribution in [2.24, 2.45) is 0 Å². The van der Waals surface area contributed by atoms with Crippen LogP contribution in [0.2, 0.25) is 0 Å². The lowest BCUT2D eigenvalue weighted by atomic mass is 9.99. The van der Waals surface area contributed by atoms with Crippen LogP contribution in [-0.4, -0.2) is 62.8 Å². The lowest BCUT2D eigenvalue weighted by Gasteiger charge is -2.31. The van der Waals surface area contributed by atoms with Crippen LogP contribution in [0.5, 0.6) is 0 Å². The maximum Gasteiger partial charge on any atom is 0.268 e. The number of rotatable bonds is 5. The van der Waals surface area contributed by atoms with E-state index < -0.39 is 21.7 Å². The van der Waals surface area contributed by atoms with Crippen LogP contribution >= 0.6 is 0 Å². The van der Waals surface area contributed by atoms with Crippen LogP contribution in [0.1, 0.15) is 57.6 Å². The Morgan fingerprint density at radius 1 is 1.34 bits per heavy atom. The first-order valence-electron chi connectivity index (χ1n) is 11.0. The summed E-state index contributed by atoms with van der Waals surface area (Å²) in [5.41, 5.74) is -0.714. The molecule has 0 spiro atoms. The van der Waals surface area contributed by atoms with Gasteiger partial charge in [0.2, 0.25) is 16.0 Å². The number of nitrogens with one attached hydrogen (secondary N) is 1. The molecule has 2 atom stereocenters. The van der Waals surface area contributed by atoms with Crippen molar-refractivity contribution in [1.29, 1.82) is 0 Å². The predicted molar refractivity (Wildman–Crippen MR) is 123 cm³/mol. The molecule has 0 unspecified atom stereocenters. The van der Waals surface area contributed by atoms with Gasteiger partial charge in [-0.2, -0.15) is 4.98 Å². The van der Waals surface area contributed by atoms with Gasteiger partial charge in [-0.3, -0.25) is 9.36 Å². The molecule has 9 nitrogen and oxygen atoms in total. The number of fused-ring (bicyclic) bond motifs is 1. The molecule has 1 aliphatic carbocycles. The number of terminal acetylenes is 1. The molecule has 2 fully saturated rings. The fourth-order valence-electron chi connectivity index (χ4n) is 4.76. The van der Waals surface area contributed by atoms with Crippen molar-refractivity contribution in [3.63, 3.8) is 0 Å². The number of hydrogen-bond acceptors (Lipinski definition) is 7. The van der Waals surface area contributed by atoms with Crippen molar-refractivity contribution in [3.05, 3.63) is 28.2 Å². The van der Waals surface area contributed by atoms with Crippen LogP contribution in [0, 0.1) is 12.3 Å². The van der Waals surface area contributed by atoms with E-state index in [1.807, 2.05) is 0 Å². The highest BCUT2D eigenvalue weighted by molar-refractivity contribution is 7.89. The Bertz CT molecular complexity index is 1220. The molecule has 2 aliphatic rings. The third kappa shape index (κ3) is 4.12. The van der Waals surface area contributed by atoms with Crippen molar-refractivity contribution in [2.45, 2.75) is 63.6 Å². The van der Waals surface area contributed by atoms with Gasteiger partial charge in [0.15, 0.2) is 0 Å². The van der Waals surface area contributed by atoms with Crippen molar-refractivity contribution in [1.82, 2.24) is 18.8 Å². The van der Waals surface area contributed by atoms with Crippen LogP contribution in [0.15, 0.2) is 17.1 Å². The SMILES string of the molecule is C#Cc1cc2cnc(NC3CCN(S(=O)(=O)CC)CC3)nc2n([C@@H]2CCC[C@@]2(C)O)c1=O. The van der Waals surface area contributed by atoms with Gasteiger partial charge in [0, 0.05) is 30.7 Å². The Morgan fingerprint density at radius 2 is 2.06 bits per heavy atom. The number of pyridine rings is 1. The van der Waals surface area contributed by atoms with Crippen molar-refractivity contribution in [2.75, 3.05) is 24.2 Å². The number of nitrogens with zero attached hydrogens (tertiary/aromatic N) is 4. The summed E-state index contributed by atoms with van der Waals surface area (Å²) in [5, 5.41) is 14.8. The van der Waals surface area contributed by atoms with Crippen LogP contribution in [0.25, 0.3) is 11.0 Å². The van der Waals surface area contributed by atoms with Gasteiger partial charge < -0.3 is 10.4 Å². The third-order valence-electron chi connectivity index (χ3n) is 6.66. The Balaban J connectivity index is 1.65. The zero-order chi connectivity index (χ0) is 23.1. The van der Waals surface area contributed by atoms with E-state index in [9.17, 15) is 18.3 Å². The highest BCUT2D eigenvalue weighted by Crippen LogP contribution is 2.39. The summed E-state index contributed by atoms with van der Waals surface area (Å²) in [4.78, 5) is 22.1. The molecule has 1 saturated carbocycles. The zero-order valence-electron chi connectivity index (χ0n) is 18.4. The molecule has 172 valence electrons. The smallest absolute Gasteiger partial charge is 0.268 e. The second-order valence-corrected chi connectivity index (χ2v) is 11.1. The van der Waals surface area contributed by atoms with Crippen LogP contribution < -0.4 is 10.9 Å². The van der Waals surface area contributed by atoms with Crippen molar-refractivity contribution in [3.8, 4) is 12.3 Å². The van der Waals surface area contributed by atoms with Gasteiger partial charge in [0.25, 0.3) is 5.56 Å². The molecule has 2 aromatic rings. The molecule has 0 radical (unpaired) electrons. The first-order chi connectivity index (χ1) is 15.2. The Kier molecular flexibility index (Phi) is 6.00. The first-order valence-corrected chi connectivity index (χ1v) is 12.6. The lowest BCUT2D eigenvalue weighted by molar-refractivity contribution is 0.0266. The van der Waals surface area contributed by atoms with E-state index in [2.05, 4.69) is 21.2 Å². The molecule has 4 rings (SSSR count). The average Bonchev–Trinajstić information content (AvgIpc) is 3.12. The van der Waals surface area contributed by atoms with Crippen molar-refractivity contribution >= 4 is 27.0 Å².